The van der Waals surface area contributed by atoms with Gasteiger partial charge in [-0.25, -0.2) is 0 Å². The summed E-state index contributed by atoms with van der Waals surface area (Å²) in [6, 6.07) is 5.69. The van der Waals surface area contributed by atoms with Gasteiger partial charge in [0.2, 0.25) is 12.0 Å². The van der Waals surface area contributed by atoms with E-state index in [0.29, 0.717) is 11.5 Å². The third-order valence-corrected chi connectivity index (χ3v) is 3.84. The predicted octanol–water partition coefficient (Wildman–Crippen LogP) is -0.114. The molecule has 0 fully saturated rings. The standard InChI is InChI=1S/C18H25N3O6/c1-10(22)14(19-17(25)18(2,3)4)16(24)21-20-15(23)13-9-26-11-7-5-6-8-12(11)27-13/h5-8,10,13-14,22H,9H2,1-4H3,(H,19,25)(H,20,23)(H,21,24)/t10-,13-,14-/m0/s1. The predicted molar refractivity (Wildman–Crippen MR) is 95.7 cm³/mol. The number of nitrogens with one attached hydrogen (secondary N) is 3. The van der Waals surface area contributed by atoms with Crippen LogP contribution < -0.4 is 25.6 Å². The number of carbonyl (C=O) groups is 3. The molecule has 1 aromatic rings. The average molecular weight is 379 g/mol. The molecule has 2 rings (SSSR count). The summed E-state index contributed by atoms with van der Waals surface area (Å²) in [5.74, 6) is -0.827. The Morgan fingerprint density at radius 2 is 1.78 bits per heavy atom. The van der Waals surface area contributed by atoms with E-state index in [0.717, 1.165) is 0 Å². The molecule has 1 heterocycles. The van der Waals surface area contributed by atoms with Crippen LogP contribution in [0.25, 0.3) is 0 Å². The van der Waals surface area contributed by atoms with Gasteiger partial charge in [-0.3, -0.25) is 25.2 Å². The molecule has 9 heteroatoms. The van der Waals surface area contributed by atoms with E-state index in [2.05, 4.69) is 16.2 Å². The Kier molecular flexibility index (Phi) is 6.27. The summed E-state index contributed by atoms with van der Waals surface area (Å²) >= 11 is 0. The van der Waals surface area contributed by atoms with Crippen LogP contribution in [0.5, 0.6) is 11.5 Å². The zero-order valence-electron chi connectivity index (χ0n) is 15.7. The Hall–Kier alpha value is -2.81. The van der Waals surface area contributed by atoms with Crippen molar-refractivity contribution in [1.29, 1.82) is 0 Å². The lowest BCUT2D eigenvalue weighted by Crippen LogP contribution is -2.59. The van der Waals surface area contributed by atoms with Crippen molar-refractivity contribution in [2.75, 3.05) is 6.61 Å². The minimum absolute atomic E-state index is 0.0146. The van der Waals surface area contributed by atoms with Gasteiger partial charge in [-0.05, 0) is 19.1 Å². The molecule has 148 valence electrons. The van der Waals surface area contributed by atoms with Crippen molar-refractivity contribution in [3.05, 3.63) is 24.3 Å². The molecule has 3 atom stereocenters. The molecule has 0 bridgehead atoms. The van der Waals surface area contributed by atoms with E-state index < -0.39 is 41.4 Å². The van der Waals surface area contributed by atoms with Gasteiger partial charge in [0.25, 0.3) is 11.8 Å². The Balaban J connectivity index is 1.91. The summed E-state index contributed by atoms with van der Waals surface area (Å²) in [6.07, 6.45) is -2.11. The van der Waals surface area contributed by atoms with Gasteiger partial charge in [-0.1, -0.05) is 32.9 Å². The molecule has 3 amide bonds. The van der Waals surface area contributed by atoms with Crippen LogP contribution in [-0.4, -0.2) is 47.7 Å². The first-order valence-electron chi connectivity index (χ1n) is 8.57. The maximum Gasteiger partial charge on any atom is 0.283 e. The van der Waals surface area contributed by atoms with E-state index in [1.165, 1.54) is 6.92 Å². The van der Waals surface area contributed by atoms with Crippen molar-refractivity contribution in [3.63, 3.8) is 0 Å². The number of fused-ring (bicyclic) bond motifs is 1. The van der Waals surface area contributed by atoms with E-state index in [-0.39, 0.29) is 6.61 Å². The van der Waals surface area contributed by atoms with Crippen LogP contribution in [0.2, 0.25) is 0 Å². The quantitative estimate of drug-likeness (QED) is 0.541. The molecule has 1 aromatic carbocycles. The van der Waals surface area contributed by atoms with E-state index in [1.807, 2.05) is 0 Å². The molecule has 27 heavy (non-hydrogen) atoms. The number of ether oxygens (including phenoxy) is 2. The normalized spacial score (nSPS) is 18.0. The number of carbonyl (C=O) groups excluding carboxylic acids is 3. The fraction of sp³-hybridized carbons (Fsp3) is 0.500. The first-order chi connectivity index (χ1) is 12.6. The number of amides is 3. The van der Waals surface area contributed by atoms with E-state index in [9.17, 15) is 19.5 Å². The monoisotopic (exact) mass is 379 g/mol. The van der Waals surface area contributed by atoms with E-state index in [4.69, 9.17) is 9.47 Å². The third kappa shape index (κ3) is 5.33. The lowest BCUT2D eigenvalue weighted by molar-refractivity contribution is -0.139. The van der Waals surface area contributed by atoms with Crippen LogP contribution in [0.3, 0.4) is 0 Å². The lowest BCUT2D eigenvalue weighted by Gasteiger charge is -2.27. The molecule has 0 aliphatic carbocycles. The van der Waals surface area contributed by atoms with E-state index >= 15 is 0 Å². The molecule has 0 unspecified atom stereocenters. The van der Waals surface area contributed by atoms with Gasteiger partial charge >= 0.3 is 0 Å². The zero-order valence-corrected chi connectivity index (χ0v) is 15.7. The van der Waals surface area contributed by atoms with Gasteiger partial charge < -0.3 is 19.9 Å². The molecule has 0 spiro atoms. The molecule has 0 radical (unpaired) electrons. The molecule has 0 aromatic heterocycles. The van der Waals surface area contributed by atoms with Crippen molar-refractivity contribution in [2.45, 2.75) is 45.9 Å². The number of hydrogen-bond acceptors (Lipinski definition) is 6. The number of hydrazine groups is 1. The smallest absolute Gasteiger partial charge is 0.283 e. The summed E-state index contributed by atoms with van der Waals surface area (Å²) < 4.78 is 11.0. The Labute approximate surface area is 157 Å². The van der Waals surface area contributed by atoms with Crippen molar-refractivity contribution < 1.29 is 29.0 Å². The van der Waals surface area contributed by atoms with Gasteiger partial charge in [0.05, 0.1) is 6.10 Å². The second kappa shape index (κ2) is 8.26. The summed E-state index contributed by atoms with van der Waals surface area (Å²) in [6.45, 7) is 6.39. The van der Waals surface area contributed by atoms with Crippen LogP contribution in [-0.2, 0) is 14.4 Å². The molecular weight excluding hydrogens is 354 g/mol. The van der Waals surface area contributed by atoms with E-state index in [1.54, 1.807) is 45.0 Å². The van der Waals surface area contributed by atoms with Crippen LogP contribution in [0.4, 0.5) is 0 Å². The van der Waals surface area contributed by atoms with Crippen LogP contribution >= 0.6 is 0 Å². The van der Waals surface area contributed by atoms with Crippen molar-refractivity contribution in [3.8, 4) is 11.5 Å². The van der Waals surface area contributed by atoms with Gasteiger partial charge in [0.15, 0.2) is 11.5 Å². The molecule has 0 saturated carbocycles. The van der Waals surface area contributed by atoms with Crippen molar-refractivity contribution >= 4 is 17.7 Å². The van der Waals surface area contributed by atoms with Crippen LogP contribution in [0.1, 0.15) is 27.7 Å². The van der Waals surface area contributed by atoms with Crippen LogP contribution in [0, 0.1) is 5.41 Å². The fourth-order valence-electron chi connectivity index (χ4n) is 2.19. The Bertz CT molecular complexity index is 713. The highest BCUT2D eigenvalue weighted by Crippen LogP contribution is 2.30. The SMILES string of the molecule is C[C@H](O)[C@H](NC(=O)C(C)(C)C)C(=O)NNC(=O)[C@@H]1COc2ccccc2O1. The molecular formula is C18H25N3O6. The van der Waals surface area contributed by atoms with Gasteiger partial charge in [-0.15, -0.1) is 0 Å². The summed E-state index contributed by atoms with van der Waals surface area (Å²) in [5, 5.41) is 12.3. The molecule has 0 saturated heterocycles. The number of aliphatic hydroxyl groups excluding tert-OH is 1. The van der Waals surface area contributed by atoms with Gasteiger partial charge in [0.1, 0.15) is 12.6 Å². The number of rotatable bonds is 4. The zero-order chi connectivity index (χ0) is 20.2. The molecule has 9 nitrogen and oxygen atoms in total. The lowest BCUT2D eigenvalue weighted by atomic mass is 9.95. The van der Waals surface area contributed by atoms with Crippen molar-refractivity contribution in [1.82, 2.24) is 16.2 Å². The van der Waals surface area contributed by atoms with Gasteiger partial charge in [-0.2, -0.15) is 0 Å². The minimum atomic E-state index is -1.22. The topological polar surface area (TPSA) is 126 Å². The summed E-state index contributed by atoms with van der Waals surface area (Å²) in [4.78, 5) is 36.5. The highest BCUT2D eigenvalue weighted by Gasteiger charge is 2.32. The second-order valence-electron chi connectivity index (χ2n) is 7.28. The third-order valence-electron chi connectivity index (χ3n) is 3.84. The molecule has 4 N–H and O–H groups in total. The maximum absolute atomic E-state index is 12.3. The first kappa shape index (κ1) is 20.5. The van der Waals surface area contributed by atoms with Crippen molar-refractivity contribution in [2.24, 2.45) is 5.41 Å². The highest BCUT2D eigenvalue weighted by atomic mass is 16.6. The summed E-state index contributed by atoms with van der Waals surface area (Å²) in [5.41, 5.74) is 3.68. The average Bonchev–Trinajstić information content (AvgIpc) is 2.62. The van der Waals surface area contributed by atoms with Crippen LogP contribution in [0.15, 0.2) is 24.3 Å². The first-order valence-corrected chi connectivity index (χ1v) is 8.57. The largest absolute Gasteiger partial charge is 0.485 e. The minimum Gasteiger partial charge on any atom is -0.485 e. The number of benzene rings is 1. The maximum atomic E-state index is 12.3. The second-order valence-corrected chi connectivity index (χ2v) is 7.28. The fourth-order valence-corrected chi connectivity index (χ4v) is 2.19. The summed E-state index contributed by atoms with van der Waals surface area (Å²) in [7, 11) is 0. The Morgan fingerprint density at radius 3 is 2.37 bits per heavy atom. The number of para-hydroxylation sites is 2. The number of hydrogen-bond donors (Lipinski definition) is 4. The molecule has 1 aliphatic rings. The number of aliphatic hydroxyl groups is 1. The highest BCUT2D eigenvalue weighted by molar-refractivity contribution is 5.91. The molecule has 1 aliphatic heterocycles. The Morgan fingerprint density at radius 1 is 1.15 bits per heavy atom. The van der Waals surface area contributed by atoms with Gasteiger partial charge in [0, 0.05) is 5.41 Å².